The minimum absolute atomic E-state index is 0.0542. The van der Waals surface area contributed by atoms with Crippen molar-refractivity contribution in [3.05, 3.63) is 53.3 Å². The van der Waals surface area contributed by atoms with Gasteiger partial charge in [0, 0.05) is 25.5 Å². The lowest BCUT2D eigenvalue weighted by Crippen LogP contribution is -2.21. The van der Waals surface area contributed by atoms with Gasteiger partial charge in [0.2, 0.25) is 0 Å². The Morgan fingerprint density at radius 2 is 2.21 bits per heavy atom. The van der Waals surface area contributed by atoms with Gasteiger partial charge >= 0.3 is 0 Å². The Morgan fingerprint density at radius 3 is 2.96 bits per heavy atom. The number of imidazole rings is 1. The van der Waals surface area contributed by atoms with Crippen molar-refractivity contribution in [3.63, 3.8) is 0 Å². The van der Waals surface area contributed by atoms with E-state index in [-0.39, 0.29) is 5.91 Å². The van der Waals surface area contributed by atoms with Crippen molar-refractivity contribution < 1.29 is 4.79 Å². The molecular weight excluding hydrogens is 320 g/mol. The summed E-state index contributed by atoms with van der Waals surface area (Å²) in [6.07, 6.45) is 2.90. The van der Waals surface area contributed by atoms with E-state index in [1.807, 2.05) is 22.4 Å². The Morgan fingerprint density at radius 1 is 1.33 bits per heavy atom. The number of allylic oxidation sites excluding steroid dienone is 1. The molecule has 24 heavy (non-hydrogen) atoms. The molecule has 0 fully saturated rings. The molecule has 0 atom stereocenters. The van der Waals surface area contributed by atoms with Gasteiger partial charge in [-0.05, 0) is 41.2 Å². The third kappa shape index (κ3) is 2.53. The van der Waals surface area contributed by atoms with E-state index < -0.39 is 0 Å². The standard InChI is InChI=1S/C18H18N4OS/c1-21(2)18(23)15-9-16-17(20-15)19-11-22(16)14-5-3-4-12(8-14)13-6-7-24-10-13/h3-5,8-11,20H,6-7H2,1-2H3. The summed E-state index contributed by atoms with van der Waals surface area (Å²) in [4.78, 5) is 21.2. The minimum atomic E-state index is -0.0542. The van der Waals surface area contributed by atoms with Crippen LogP contribution in [0.4, 0.5) is 0 Å². The molecule has 5 nitrogen and oxygen atoms in total. The fourth-order valence-corrected chi connectivity index (χ4v) is 3.82. The van der Waals surface area contributed by atoms with Crippen LogP contribution in [0.5, 0.6) is 0 Å². The molecule has 122 valence electrons. The van der Waals surface area contributed by atoms with E-state index in [4.69, 9.17) is 0 Å². The fourth-order valence-electron chi connectivity index (χ4n) is 2.91. The highest BCUT2D eigenvalue weighted by atomic mass is 32.2. The summed E-state index contributed by atoms with van der Waals surface area (Å²) in [6.45, 7) is 0. The maximum atomic E-state index is 12.1. The molecular formula is C18H18N4OS. The lowest BCUT2D eigenvalue weighted by atomic mass is 10.0. The highest BCUT2D eigenvalue weighted by Crippen LogP contribution is 2.31. The first-order valence-corrected chi connectivity index (χ1v) is 8.87. The average Bonchev–Trinajstić information content (AvgIpc) is 3.30. The number of rotatable bonds is 3. The number of aromatic amines is 1. The average molecular weight is 338 g/mol. The number of carbonyl (C=O) groups is 1. The van der Waals surface area contributed by atoms with E-state index in [2.05, 4.69) is 39.6 Å². The number of fused-ring (bicyclic) bond motifs is 1. The second kappa shape index (κ2) is 5.87. The first-order valence-electron chi connectivity index (χ1n) is 7.82. The molecule has 1 amide bonds. The molecule has 1 aromatic carbocycles. The van der Waals surface area contributed by atoms with Gasteiger partial charge in [-0.25, -0.2) is 4.98 Å². The zero-order valence-electron chi connectivity index (χ0n) is 13.6. The van der Waals surface area contributed by atoms with Crippen molar-refractivity contribution in [2.45, 2.75) is 6.42 Å². The Hall–Kier alpha value is -2.47. The summed E-state index contributed by atoms with van der Waals surface area (Å²) in [5, 5.41) is 2.24. The van der Waals surface area contributed by atoms with Crippen molar-refractivity contribution in [2.75, 3.05) is 19.8 Å². The predicted molar refractivity (Wildman–Crippen MR) is 98.5 cm³/mol. The van der Waals surface area contributed by atoms with Crippen molar-refractivity contribution >= 4 is 34.4 Å². The summed E-state index contributed by atoms with van der Waals surface area (Å²) in [5.74, 6) is 1.10. The van der Waals surface area contributed by atoms with Crippen LogP contribution in [0.25, 0.3) is 22.4 Å². The molecule has 0 saturated carbocycles. The predicted octanol–water partition coefficient (Wildman–Crippen LogP) is 3.53. The van der Waals surface area contributed by atoms with Gasteiger partial charge in [0.25, 0.3) is 5.91 Å². The number of amides is 1. The number of nitrogens with one attached hydrogen (secondary N) is 1. The van der Waals surface area contributed by atoms with Gasteiger partial charge in [-0.15, -0.1) is 11.8 Å². The monoisotopic (exact) mass is 338 g/mol. The van der Waals surface area contributed by atoms with Crippen molar-refractivity contribution in [1.29, 1.82) is 0 Å². The summed E-state index contributed by atoms with van der Waals surface area (Å²) < 4.78 is 2.02. The quantitative estimate of drug-likeness (QED) is 0.795. The van der Waals surface area contributed by atoms with E-state index in [0.29, 0.717) is 5.69 Å². The number of hydrogen-bond acceptors (Lipinski definition) is 3. The van der Waals surface area contributed by atoms with Crippen LogP contribution in [0.1, 0.15) is 22.5 Å². The lowest BCUT2D eigenvalue weighted by Gasteiger charge is -2.08. The normalized spacial score (nSPS) is 14.2. The SMILES string of the molecule is CN(C)C(=O)c1cc2c(ncn2-c2cccc(C3=CSCC3)c2)[nH]1. The smallest absolute Gasteiger partial charge is 0.269 e. The van der Waals surface area contributed by atoms with Crippen LogP contribution >= 0.6 is 11.8 Å². The van der Waals surface area contributed by atoms with E-state index in [0.717, 1.165) is 29.0 Å². The second-order valence-corrected chi connectivity index (χ2v) is 7.02. The van der Waals surface area contributed by atoms with Gasteiger partial charge < -0.3 is 9.88 Å². The first-order chi connectivity index (χ1) is 11.6. The maximum absolute atomic E-state index is 12.1. The number of benzene rings is 1. The van der Waals surface area contributed by atoms with Crippen molar-refractivity contribution in [2.24, 2.45) is 0 Å². The van der Waals surface area contributed by atoms with Crippen LogP contribution in [-0.4, -0.2) is 45.2 Å². The third-order valence-electron chi connectivity index (χ3n) is 4.19. The van der Waals surface area contributed by atoms with E-state index in [1.54, 1.807) is 25.3 Å². The second-order valence-electron chi connectivity index (χ2n) is 6.05. The number of hydrogen-bond donors (Lipinski definition) is 1. The van der Waals surface area contributed by atoms with Gasteiger partial charge in [0.15, 0.2) is 5.65 Å². The van der Waals surface area contributed by atoms with E-state index in [1.165, 1.54) is 11.1 Å². The molecule has 0 saturated heterocycles. The molecule has 3 heterocycles. The highest BCUT2D eigenvalue weighted by Gasteiger charge is 2.15. The zero-order valence-corrected chi connectivity index (χ0v) is 14.4. The zero-order chi connectivity index (χ0) is 16.7. The molecule has 2 aromatic heterocycles. The van der Waals surface area contributed by atoms with Gasteiger partial charge in [0.1, 0.15) is 12.0 Å². The van der Waals surface area contributed by atoms with Crippen LogP contribution in [0.3, 0.4) is 0 Å². The molecule has 1 aliphatic rings. The summed E-state index contributed by atoms with van der Waals surface area (Å²) in [7, 11) is 3.48. The number of nitrogens with zero attached hydrogens (tertiary/aromatic N) is 3. The van der Waals surface area contributed by atoms with Crippen molar-refractivity contribution in [3.8, 4) is 5.69 Å². The Balaban J connectivity index is 1.76. The highest BCUT2D eigenvalue weighted by molar-refractivity contribution is 8.02. The fraction of sp³-hybridized carbons (Fsp3) is 0.222. The van der Waals surface area contributed by atoms with Crippen LogP contribution in [0.15, 0.2) is 42.1 Å². The molecule has 0 bridgehead atoms. The van der Waals surface area contributed by atoms with Gasteiger partial charge in [0.05, 0.1) is 5.52 Å². The van der Waals surface area contributed by atoms with Crippen LogP contribution < -0.4 is 0 Å². The van der Waals surface area contributed by atoms with Gasteiger partial charge in [-0.2, -0.15) is 0 Å². The number of H-pyrrole nitrogens is 1. The first kappa shape index (κ1) is 15.1. The molecule has 0 aliphatic carbocycles. The Labute approximate surface area is 144 Å². The van der Waals surface area contributed by atoms with E-state index >= 15 is 0 Å². The maximum Gasteiger partial charge on any atom is 0.269 e. The topological polar surface area (TPSA) is 53.9 Å². The number of carbonyl (C=O) groups excluding carboxylic acids is 1. The summed E-state index contributed by atoms with van der Waals surface area (Å²) in [5.41, 5.74) is 5.87. The third-order valence-corrected chi connectivity index (χ3v) is 5.08. The van der Waals surface area contributed by atoms with Crippen molar-refractivity contribution in [1.82, 2.24) is 19.4 Å². The van der Waals surface area contributed by atoms with Gasteiger partial charge in [-0.3, -0.25) is 9.36 Å². The molecule has 3 aromatic rings. The van der Waals surface area contributed by atoms with Crippen LogP contribution in [0, 0.1) is 0 Å². The minimum Gasteiger partial charge on any atom is -0.344 e. The summed E-state index contributed by atoms with van der Waals surface area (Å²) in [6, 6.07) is 10.3. The van der Waals surface area contributed by atoms with Crippen LogP contribution in [0.2, 0.25) is 0 Å². The van der Waals surface area contributed by atoms with Crippen LogP contribution in [-0.2, 0) is 0 Å². The van der Waals surface area contributed by atoms with Gasteiger partial charge in [-0.1, -0.05) is 12.1 Å². The molecule has 1 aliphatic heterocycles. The molecule has 4 rings (SSSR count). The molecule has 6 heteroatoms. The summed E-state index contributed by atoms with van der Waals surface area (Å²) >= 11 is 1.86. The molecule has 0 spiro atoms. The molecule has 1 N–H and O–H groups in total. The lowest BCUT2D eigenvalue weighted by molar-refractivity contribution is 0.0823. The molecule has 0 unspecified atom stereocenters. The Bertz CT molecular complexity index is 951. The number of aromatic nitrogens is 3. The van der Waals surface area contributed by atoms with E-state index in [9.17, 15) is 4.79 Å². The number of thioether (sulfide) groups is 1. The molecule has 0 radical (unpaired) electrons. The largest absolute Gasteiger partial charge is 0.344 e. The Kier molecular flexibility index (Phi) is 3.69.